The standard InChI is InChI=1S/C13H15FN2O4S/c1-8(13(15)19)20-12(18)7-21-6-11(17)16-10-5-3-2-4-9(10)14/h2-5,8H,6-7H2,1H3,(H2,15,19)(H,16,17)/t8-/m1/s1. The van der Waals surface area contributed by atoms with Crippen molar-refractivity contribution in [3.05, 3.63) is 30.1 Å². The van der Waals surface area contributed by atoms with Gasteiger partial charge in [0.25, 0.3) is 5.91 Å². The molecule has 0 aliphatic heterocycles. The number of hydrogen-bond donors (Lipinski definition) is 2. The van der Waals surface area contributed by atoms with Crippen LogP contribution in [0.2, 0.25) is 0 Å². The summed E-state index contributed by atoms with van der Waals surface area (Å²) in [6, 6.07) is 5.76. The maximum absolute atomic E-state index is 13.3. The largest absolute Gasteiger partial charge is 0.452 e. The average Bonchev–Trinajstić information content (AvgIpc) is 2.41. The van der Waals surface area contributed by atoms with Gasteiger partial charge in [-0.05, 0) is 19.1 Å². The molecule has 0 radical (unpaired) electrons. The number of benzene rings is 1. The van der Waals surface area contributed by atoms with Crippen molar-refractivity contribution < 1.29 is 23.5 Å². The Morgan fingerprint density at radius 3 is 2.62 bits per heavy atom. The zero-order valence-electron chi connectivity index (χ0n) is 11.3. The minimum absolute atomic E-state index is 0.0472. The third kappa shape index (κ3) is 6.26. The van der Waals surface area contributed by atoms with E-state index >= 15 is 0 Å². The van der Waals surface area contributed by atoms with Crippen LogP contribution in [0.3, 0.4) is 0 Å². The molecule has 6 nitrogen and oxygen atoms in total. The summed E-state index contributed by atoms with van der Waals surface area (Å²) in [5.74, 6) is -2.53. The van der Waals surface area contributed by atoms with Crippen molar-refractivity contribution >= 4 is 35.2 Å². The van der Waals surface area contributed by atoms with Gasteiger partial charge < -0.3 is 15.8 Å². The smallest absolute Gasteiger partial charge is 0.316 e. The molecule has 1 aromatic carbocycles. The van der Waals surface area contributed by atoms with Crippen LogP contribution >= 0.6 is 11.8 Å². The van der Waals surface area contributed by atoms with Crippen LogP contribution in [0, 0.1) is 5.82 Å². The highest BCUT2D eigenvalue weighted by atomic mass is 32.2. The highest BCUT2D eigenvalue weighted by molar-refractivity contribution is 8.00. The zero-order valence-corrected chi connectivity index (χ0v) is 12.1. The van der Waals surface area contributed by atoms with Gasteiger partial charge in [0.15, 0.2) is 6.10 Å². The van der Waals surface area contributed by atoms with Gasteiger partial charge >= 0.3 is 5.97 Å². The number of esters is 1. The zero-order chi connectivity index (χ0) is 15.8. The van der Waals surface area contributed by atoms with Crippen LogP contribution in [0.5, 0.6) is 0 Å². The molecule has 1 atom stereocenters. The molecule has 0 aromatic heterocycles. The van der Waals surface area contributed by atoms with Crippen molar-refractivity contribution in [2.45, 2.75) is 13.0 Å². The van der Waals surface area contributed by atoms with Crippen molar-refractivity contribution in [3.8, 4) is 0 Å². The first-order valence-corrected chi connectivity index (χ1v) is 7.16. The van der Waals surface area contributed by atoms with Crippen molar-refractivity contribution in [1.29, 1.82) is 0 Å². The monoisotopic (exact) mass is 314 g/mol. The number of primary amides is 1. The van der Waals surface area contributed by atoms with Gasteiger partial charge in [-0.3, -0.25) is 14.4 Å². The molecular weight excluding hydrogens is 299 g/mol. The van der Waals surface area contributed by atoms with Crippen molar-refractivity contribution in [2.24, 2.45) is 5.73 Å². The van der Waals surface area contributed by atoms with Gasteiger partial charge in [0, 0.05) is 0 Å². The molecule has 1 aromatic rings. The third-order valence-electron chi connectivity index (χ3n) is 2.31. The van der Waals surface area contributed by atoms with Crippen LogP contribution in [-0.2, 0) is 19.1 Å². The summed E-state index contributed by atoms with van der Waals surface area (Å²) in [6.07, 6.45) is -1.01. The Morgan fingerprint density at radius 2 is 2.00 bits per heavy atom. The van der Waals surface area contributed by atoms with Crippen molar-refractivity contribution in [3.63, 3.8) is 0 Å². The number of anilines is 1. The number of thioether (sulfide) groups is 1. The summed E-state index contributed by atoms with van der Waals surface area (Å²) in [4.78, 5) is 33.6. The first kappa shape index (κ1) is 17.0. The second kappa shape index (κ2) is 8.25. The normalized spacial score (nSPS) is 11.5. The minimum atomic E-state index is -1.01. The lowest BCUT2D eigenvalue weighted by atomic mass is 10.3. The second-order valence-electron chi connectivity index (χ2n) is 4.06. The van der Waals surface area contributed by atoms with Gasteiger partial charge in [0.2, 0.25) is 5.91 Å². The Balaban J connectivity index is 2.29. The van der Waals surface area contributed by atoms with Crippen LogP contribution < -0.4 is 11.1 Å². The van der Waals surface area contributed by atoms with E-state index in [1.165, 1.54) is 25.1 Å². The molecular formula is C13H15FN2O4S. The van der Waals surface area contributed by atoms with E-state index in [4.69, 9.17) is 10.5 Å². The number of amides is 2. The van der Waals surface area contributed by atoms with Gasteiger partial charge in [-0.2, -0.15) is 0 Å². The van der Waals surface area contributed by atoms with Crippen LogP contribution in [0.4, 0.5) is 10.1 Å². The lowest BCUT2D eigenvalue weighted by Crippen LogP contribution is -2.31. The number of halogens is 1. The van der Waals surface area contributed by atoms with Crippen LogP contribution in [0.25, 0.3) is 0 Å². The average molecular weight is 314 g/mol. The molecule has 0 spiro atoms. The second-order valence-corrected chi connectivity index (χ2v) is 5.04. The van der Waals surface area contributed by atoms with Gasteiger partial charge in [0.1, 0.15) is 5.82 Å². The molecule has 0 heterocycles. The van der Waals surface area contributed by atoms with E-state index in [2.05, 4.69) is 5.32 Å². The fraction of sp³-hybridized carbons (Fsp3) is 0.308. The molecule has 0 aliphatic carbocycles. The van der Waals surface area contributed by atoms with Crippen molar-refractivity contribution in [1.82, 2.24) is 0 Å². The third-order valence-corrected chi connectivity index (χ3v) is 3.22. The first-order valence-electron chi connectivity index (χ1n) is 6.01. The predicted molar refractivity (Wildman–Crippen MR) is 77.1 cm³/mol. The number of nitrogens with two attached hydrogens (primary N) is 1. The van der Waals surface area contributed by atoms with E-state index in [1.54, 1.807) is 6.07 Å². The van der Waals surface area contributed by atoms with Crippen LogP contribution in [0.15, 0.2) is 24.3 Å². The summed E-state index contributed by atoms with van der Waals surface area (Å²) in [5.41, 5.74) is 5.02. The predicted octanol–water partition coefficient (Wildman–Crippen LogP) is 0.914. The molecule has 2 amide bonds. The fourth-order valence-electron chi connectivity index (χ4n) is 1.27. The Labute approximate surface area is 125 Å². The topological polar surface area (TPSA) is 98.5 Å². The SMILES string of the molecule is C[C@@H](OC(=O)CSCC(=O)Nc1ccccc1F)C(N)=O. The molecule has 0 fully saturated rings. The molecule has 0 saturated carbocycles. The van der Waals surface area contributed by atoms with E-state index < -0.39 is 29.7 Å². The van der Waals surface area contributed by atoms with E-state index in [0.717, 1.165) is 11.8 Å². The molecule has 0 aliphatic rings. The summed E-state index contributed by atoms with van der Waals surface area (Å²) >= 11 is 0.987. The number of hydrogen-bond acceptors (Lipinski definition) is 5. The highest BCUT2D eigenvalue weighted by Gasteiger charge is 2.15. The lowest BCUT2D eigenvalue weighted by molar-refractivity contribution is -0.151. The molecule has 0 bridgehead atoms. The Kier molecular flexibility index (Phi) is 6.67. The van der Waals surface area contributed by atoms with E-state index in [0.29, 0.717) is 0 Å². The molecule has 8 heteroatoms. The molecule has 21 heavy (non-hydrogen) atoms. The molecule has 0 saturated heterocycles. The molecule has 0 unspecified atom stereocenters. The molecule has 3 N–H and O–H groups in total. The number of rotatable bonds is 7. The Hall–Kier alpha value is -2.09. The highest BCUT2D eigenvalue weighted by Crippen LogP contribution is 2.13. The number of para-hydroxylation sites is 1. The number of carbonyl (C=O) groups is 3. The quantitative estimate of drug-likeness (QED) is 0.729. The Bertz CT molecular complexity index is 539. The maximum Gasteiger partial charge on any atom is 0.316 e. The van der Waals surface area contributed by atoms with E-state index in [9.17, 15) is 18.8 Å². The minimum Gasteiger partial charge on any atom is -0.452 e. The van der Waals surface area contributed by atoms with Crippen LogP contribution in [-0.4, -0.2) is 35.4 Å². The molecule has 1 rings (SSSR count). The fourth-order valence-corrected chi connectivity index (χ4v) is 1.86. The lowest BCUT2D eigenvalue weighted by Gasteiger charge is -2.09. The Morgan fingerprint density at radius 1 is 1.33 bits per heavy atom. The van der Waals surface area contributed by atoms with Crippen LogP contribution in [0.1, 0.15) is 6.92 Å². The number of nitrogens with one attached hydrogen (secondary N) is 1. The van der Waals surface area contributed by atoms with Gasteiger partial charge in [0.05, 0.1) is 17.2 Å². The maximum atomic E-state index is 13.3. The summed E-state index contributed by atoms with van der Waals surface area (Å²) < 4.78 is 18.0. The van der Waals surface area contributed by atoms with Gasteiger partial charge in [-0.15, -0.1) is 11.8 Å². The van der Waals surface area contributed by atoms with Gasteiger partial charge in [-0.1, -0.05) is 12.1 Å². The van der Waals surface area contributed by atoms with Gasteiger partial charge in [-0.25, -0.2) is 4.39 Å². The molecule has 114 valence electrons. The van der Waals surface area contributed by atoms with Crippen molar-refractivity contribution in [2.75, 3.05) is 16.8 Å². The van der Waals surface area contributed by atoms with E-state index in [-0.39, 0.29) is 17.2 Å². The summed E-state index contributed by atoms with van der Waals surface area (Å²) in [6.45, 7) is 1.36. The summed E-state index contributed by atoms with van der Waals surface area (Å²) in [5, 5.41) is 2.38. The van der Waals surface area contributed by atoms with E-state index in [1.807, 2.05) is 0 Å². The number of carbonyl (C=O) groups excluding carboxylic acids is 3. The number of ether oxygens (including phenoxy) is 1. The summed E-state index contributed by atoms with van der Waals surface area (Å²) in [7, 11) is 0. The first-order chi connectivity index (χ1) is 9.90.